The van der Waals surface area contributed by atoms with E-state index >= 15 is 0 Å². The van der Waals surface area contributed by atoms with Gasteiger partial charge in [0.2, 0.25) is 0 Å². The Balaban J connectivity index is 0.000000324. The van der Waals surface area contributed by atoms with Crippen LogP contribution in [0.5, 0.6) is 0 Å². The summed E-state index contributed by atoms with van der Waals surface area (Å²) in [7, 11) is 0. The Morgan fingerprint density at radius 1 is 0.444 bits per heavy atom. The van der Waals surface area contributed by atoms with E-state index in [-0.39, 0.29) is 77.2 Å². The van der Waals surface area contributed by atoms with E-state index in [2.05, 4.69) is 135 Å². The van der Waals surface area contributed by atoms with E-state index in [9.17, 15) is 0 Å². The van der Waals surface area contributed by atoms with Crippen molar-refractivity contribution in [3.8, 4) is 22.3 Å². The van der Waals surface area contributed by atoms with Gasteiger partial charge in [0.15, 0.2) is 0 Å². The number of hydrogen-bond acceptors (Lipinski definition) is 0. The Hall–Kier alpha value is -1.55. The molecule has 0 N–H and O–H groups in total. The maximum atomic E-state index is 2.26. The first kappa shape index (κ1) is 32.5. The molecule has 0 fully saturated rings. The summed E-state index contributed by atoms with van der Waals surface area (Å²) in [4.78, 5) is 0. The Kier molecular flexibility index (Phi) is 13.5. The molecule has 36 heavy (non-hydrogen) atoms. The number of halogens is 2. The number of hydrogen-bond donors (Lipinski definition) is 0. The molecule has 0 heterocycles. The minimum atomic E-state index is 0. The maximum absolute atomic E-state index is 2.26. The second kappa shape index (κ2) is 15.0. The van der Waals surface area contributed by atoms with Crippen LogP contribution in [0.25, 0.3) is 43.8 Å². The third-order valence-corrected chi connectivity index (χ3v) is 5.96. The van der Waals surface area contributed by atoms with Crippen LogP contribution in [0.2, 0.25) is 0 Å². The Bertz CT molecular complexity index is 1370. The van der Waals surface area contributed by atoms with Crippen LogP contribution >= 0.6 is 0 Å². The standard InChI is InChI=1S/2C16H13.2ClH.2Zr/c2*1-12-10-14-8-5-9-15(16(14)11-12)13-6-3-2-4-7-13;;;;/h2*2-11H,1H3;2*1H;;/q2*-1;;;2*+2/p-2. The molecule has 6 aromatic rings. The second-order valence-corrected chi connectivity index (χ2v) is 8.41. The smallest absolute Gasteiger partial charge is 1.00 e. The molecule has 4 heteroatoms. The Labute approximate surface area is 264 Å². The first-order chi connectivity index (χ1) is 15.7. The Morgan fingerprint density at radius 2 is 0.806 bits per heavy atom. The van der Waals surface area contributed by atoms with Gasteiger partial charge in [0.25, 0.3) is 0 Å². The SMILES string of the molecule is Cc1cc2c(-c3ccccc3)cccc2[cH-]1.Cc1cc2c(-c3ccccc3)cccc2[cH-]1.[Cl-].[Cl-].[Zr+2].[Zr+2]. The summed E-state index contributed by atoms with van der Waals surface area (Å²) in [5.41, 5.74) is 7.89. The van der Waals surface area contributed by atoms with Crippen LogP contribution in [-0.4, -0.2) is 0 Å². The van der Waals surface area contributed by atoms with Gasteiger partial charge in [0, 0.05) is 0 Å². The molecule has 0 aliphatic rings. The molecule has 0 aliphatic carbocycles. The summed E-state index contributed by atoms with van der Waals surface area (Å²) in [6.45, 7) is 4.30. The van der Waals surface area contributed by atoms with Crippen molar-refractivity contribution in [1.29, 1.82) is 0 Å². The van der Waals surface area contributed by atoms with E-state index < -0.39 is 0 Å². The summed E-state index contributed by atoms with van der Waals surface area (Å²) in [6, 6.07) is 43.1. The first-order valence-electron chi connectivity index (χ1n) is 11.1. The number of benzene rings is 4. The van der Waals surface area contributed by atoms with Crippen molar-refractivity contribution < 1.29 is 77.2 Å². The maximum Gasteiger partial charge on any atom is 2.00 e. The summed E-state index contributed by atoms with van der Waals surface area (Å²) in [6.07, 6.45) is 0. The summed E-state index contributed by atoms with van der Waals surface area (Å²) in [5, 5.41) is 5.37. The zero-order valence-corrected chi connectivity index (χ0v) is 26.7. The fourth-order valence-corrected chi connectivity index (χ4v) is 4.51. The van der Waals surface area contributed by atoms with Crippen molar-refractivity contribution in [1.82, 2.24) is 0 Å². The van der Waals surface area contributed by atoms with Gasteiger partial charge in [-0.1, -0.05) is 97.8 Å². The molecule has 0 nitrogen and oxygen atoms in total. The predicted octanol–water partition coefficient (Wildman–Crippen LogP) is 3.07. The molecule has 6 aromatic carbocycles. The van der Waals surface area contributed by atoms with Crippen molar-refractivity contribution in [3.05, 3.63) is 132 Å². The molecule has 0 radical (unpaired) electrons. The van der Waals surface area contributed by atoms with Crippen LogP contribution in [0.15, 0.2) is 121 Å². The van der Waals surface area contributed by atoms with Crippen molar-refractivity contribution in [2.45, 2.75) is 13.8 Å². The average molecular weight is 664 g/mol. The van der Waals surface area contributed by atoms with E-state index in [1.807, 2.05) is 0 Å². The van der Waals surface area contributed by atoms with Gasteiger partial charge in [-0.25, -0.2) is 0 Å². The van der Waals surface area contributed by atoms with E-state index in [4.69, 9.17) is 0 Å². The van der Waals surface area contributed by atoms with Crippen LogP contribution in [0.1, 0.15) is 11.1 Å². The van der Waals surface area contributed by atoms with Crippen LogP contribution in [-0.2, 0) is 52.4 Å². The van der Waals surface area contributed by atoms with Crippen LogP contribution in [0.4, 0.5) is 0 Å². The van der Waals surface area contributed by atoms with Crippen molar-refractivity contribution in [2.75, 3.05) is 0 Å². The normalized spacial score (nSPS) is 9.61. The van der Waals surface area contributed by atoms with Gasteiger partial charge in [-0.2, -0.15) is 12.1 Å². The minimum Gasteiger partial charge on any atom is -1.00 e. The van der Waals surface area contributed by atoms with Gasteiger partial charge in [-0.15, -0.1) is 69.1 Å². The van der Waals surface area contributed by atoms with Crippen LogP contribution in [0.3, 0.4) is 0 Å². The van der Waals surface area contributed by atoms with Crippen molar-refractivity contribution in [2.24, 2.45) is 0 Å². The van der Waals surface area contributed by atoms with Gasteiger partial charge < -0.3 is 24.8 Å². The largest absolute Gasteiger partial charge is 2.00 e. The summed E-state index contributed by atoms with van der Waals surface area (Å²) >= 11 is 0. The molecule has 0 saturated heterocycles. The molecule has 176 valence electrons. The van der Waals surface area contributed by atoms with Gasteiger partial charge in [-0.05, 0) is 11.1 Å². The van der Waals surface area contributed by atoms with Crippen LogP contribution < -0.4 is 24.8 Å². The number of fused-ring (bicyclic) bond motifs is 2. The molecule has 0 aliphatic heterocycles. The van der Waals surface area contributed by atoms with E-state index in [0.29, 0.717) is 0 Å². The molecule has 0 saturated carbocycles. The molecule has 0 spiro atoms. The quantitative estimate of drug-likeness (QED) is 0.250. The molecule has 6 rings (SSSR count). The monoisotopic (exact) mass is 660 g/mol. The van der Waals surface area contributed by atoms with Gasteiger partial charge in [0.05, 0.1) is 0 Å². The molecular formula is C32H26Cl2Zr2. The average Bonchev–Trinajstić information content (AvgIpc) is 3.41. The van der Waals surface area contributed by atoms with E-state index in [0.717, 1.165) is 0 Å². The second-order valence-electron chi connectivity index (χ2n) is 8.41. The predicted molar refractivity (Wildman–Crippen MR) is 139 cm³/mol. The van der Waals surface area contributed by atoms with Crippen LogP contribution in [0, 0.1) is 13.8 Å². The molecule has 0 amide bonds. The molecule has 0 unspecified atom stereocenters. The third kappa shape index (κ3) is 7.27. The van der Waals surface area contributed by atoms with E-state index in [1.165, 1.54) is 54.9 Å². The molecular weight excluding hydrogens is 638 g/mol. The molecule has 0 aromatic heterocycles. The fraction of sp³-hybridized carbons (Fsp3) is 0.0625. The van der Waals surface area contributed by atoms with Gasteiger partial charge in [-0.3, -0.25) is 0 Å². The fourth-order valence-electron chi connectivity index (χ4n) is 4.51. The third-order valence-electron chi connectivity index (χ3n) is 5.96. The first-order valence-corrected chi connectivity index (χ1v) is 11.1. The topological polar surface area (TPSA) is 0 Å². The number of aryl methyl sites for hydroxylation is 2. The molecule has 0 bridgehead atoms. The number of rotatable bonds is 2. The summed E-state index contributed by atoms with van der Waals surface area (Å²) < 4.78 is 0. The summed E-state index contributed by atoms with van der Waals surface area (Å²) in [5.74, 6) is 0. The minimum absolute atomic E-state index is 0. The Morgan fingerprint density at radius 3 is 1.17 bits per heavy atom. The zero-order chi connectivity index (χ0) is 21.9. The molecule has 0 atom stereocenters. The zero-order valence-electron chi connectivity index (χ0n) is 20.3. The van der Waals surface area contributed by atoms with Gasteiger partial charge >= 0.3 is 52.4 Å². The van der Waals surface area contributed by atoms with Gasteiger partial charge in [0.1, 0.15) is 0 Å². The van der Waals surface area contributed by atoms with Crippen molar-refractivity contribution in [3.63, 3.8) is 0 Å². The van der Waals surface area contributed by atoms with Crippen molar-refractivity contribution >= 4 is 21.5 Å². The van der Waals surface area contributed by atoms with E-state index in [1.54, 1.807) is 0 Å².